The number of carbonyl (C=O) groups excluding carboxylic acids is 1. The van der Waals surface area contributed by atoms with Gasteiger partial charge in [0.05, 0.1) is 6.04 Å². The Labute approximate surface area is 106 Å². The van der Waals surface area contributed by atoms with Crippen LogP contribution in [0.4, 0.5) is 4.79 Å². The van der Waals surface area contributed by atoms with Gasteiger partial charge in [0, 0.05) is 11.0 Å². The van der Waals surface area contributed by atoms with Crippen LogP contribution in [-0.4, -0.2) is 17.8 Å². The molecule has 0 saturated carbocycles. The van der Waals surface area contributed by atoms with E-state index in [0.29, 0.717) is 6.61 Å². The molecule has 0 unspecified atom stereocenters. The number of carbonyl (C=O) groups is 1. The van der Waals surface area contributed by atoms with Crippen LogP contribution in [0, 0.1) is 5.41 Å². The molecule has 0 aromatic heterocycles. The first-order valence-electron chi connectivity index (χ1n) is 5.22. The minimum atomic E-state index is -0.437. The molecule has 1 aliphatic heterocycles. The van der Waals surface area contributed by atoms with Gasteiger partial charge in [-0.2, -0.15) is 0 Å². The standard InChI is InChI=1S/C12H15NO3.ClH/c1-12(2)7-16-11(15)13-10(12)8-5-3-4-6-9(8)14;/h3-6,10,14H,7H2,1-2H3,(H,13,15);1H/t10-;/m0./s1. The molecular formula is C12H16ClNO3. The number of phenols is 1. The zero-order valence-electron chi connectivity index (χ0n) is 9.77. The zero-order valence-corrected chi connectivity index (χ0v) is 10.6. The molecule has 0 spiro atoms. The second-order valence-corrected chi connectivity index (χ2v) is 4.70. The number of alkyl carbamates (subject to hydrolysis) is 1. The van der Waals surface area contributed by atoms with E-state index in [-0.39, 0.29) is 29.6 Å². The minimum Gasteiger partial charge on any atom is -0.508 e. The molecule has 1 aromatic carbocycles. The van der Waals surface area contributed by atoms with Gasteiger partial charge in [-0.3, -0.25) is 0 Å². The van der Waals surface area contributed by atoms with E-state index in [1.807, 2.05) is 26.0 Å². The van der Waals surface area contributed by atoms with Gasteiger partial charge in [0.25, 0.3) is 0 Å². The predicted molar refractivity (Wildman–Crippen MR) is 66.4 cm³/mol. The molecule has 1 amide bonds. The number of nitrogens with one attached hydrogen (secondary N) is 1. The molecule has 1 atom stereocenters. The lowest BCUT2D eigenvalue weighted by Gasteiger charge is -2.38. The summed E-state index contributed by atoms with van der Waals surface area (Å²) in [6.07, 6.45) is -0.437. The van der Waals surface area contributed by atoms with Crippen LogP contribution < -0.4 is 5.32 Å². The van der Waals surface area contributed by atoms with E-state index in [1.54, 1.807) is 12.1 Å². The van der Waals surface area contributed by atoms with Crippen molar-refractivity contribution in [1.82, 2.24) is 5.32 Å². The van der Waals surface area contributed by atoms with Crippen molar-refractivity contribution in [2.45, 2.75) is 19.9 Å². The topological polar surface area (TPSA) is 58.6 Å². The summed E-state index contributed by atoms with van der Waals surface area (Å²) < 4.78 is 4.95. The molecule has 4 nitrogen and oxygen atoms in total. The molecule has 1 aliphatic rings. The zero-order chi connectivity index (χ0) is 11.8. The second kappa shape index (κ2) is 4.84. The van der Waals surface area contributed by atoms with Gasteiger partial charge < -0.3 is 15.2 Å². The summed E-state index contributed by atoms with van der Waals surface area (Å²) in [7, 11) is 0. The Balaban J connectivity index is 0.00000144. The molecular weight excluding hydrogens is 242 g/mol. The summed E-state index contributed by atoms with van der Waals surface area (Å²) in [6.45, 7) is 4.32. The smallest absolute Gasteiger partial charge is 0.407 e. The average molecular weight is 258 g/mol. The molecule has 0 aliphatic carbocycles. The van der Waals surface area contributed by atoms with Crippen LogP contribution in [-0.2, 0) is 4.74 Å². The molecule has 94 valence electrons. The number of phenolic OH excluding ortho intramolecular Hbond substituents is 1. The lowest BCUT2D eigenvalue weighted by atomic mass is 9.80. The van der Waals surface area contributed by atoms with Crippen molar-refractivity contribution >= 4 is 18.5 Å². The fraction of sp³-hybridized carbons (Fsp3) is 0.417. The summed E-state index contributed by atoms with van der Waals surface area (Å²) in [4.78, 5) is 11.2. The quantitative estimate of drug-likeness (QED) is 0.813. The van der Waals surface area contributed by atoms with Crippen LogP contribution in [0.2, 0.25) is 0 Å². The van der Waals surface area contributed by atoms with Crippen LogP contribution in [0.1, 0.15) is 25.5 Å². The van der Waals surface area contributed by atoms with E-state index in [1.165, 1.54) is 0 Å². The molecule has 1 heterocycles. The average Bonchev–Trinajstić information content (AvgIpc) is 2.23. The molecule has 0 radical (unpaired) electrons. The van der Waals surface area contributed by atoms with Gasteiger partial charge in [0.15, 0.2) is 0 Å². The highest BCUT2D eigenvalue weighted by Crippen LogP contribution is 2.39. The Kier molecular flexibility index (Phi) is 3.88. The lowest BCUT2D eigenvalue weighted by Crippen LogP contribution is -2.46. The maximum Gasteiger partial charge on any atom is 0.407 e. The van der Waals surface area contributed by atoms with Crippen LogP contribution in [0.3, 0.4) is 0 Å². The molecule has 5 heteroatoms. The first-order chi connectivity index (χ1) is 7.50. The Morgan fingerprint density at radius 3 is 2.71 bits per heavy atom. The van der Waals surface area contributed by atoms with Crippen molar-refractivity contribution in [1.29, 1.82) is 0 Å². The number of rotatable bonds is 1. The van der Waals surface area contributed by atoms with E-state index in [9.17, 15) is 9.90 Å². The molecule has 0 bridgehead atoms. The van der Waals surface area contributed by atoms with Crippen LogP contribution in [0.5, 0.6) is 5.75 Å². The fourth-order valence-corrected chi connectivity index (χ4v) is 1.92. The number of hydrogen-bond acceptors (Lipinski definition) is 3. The summed E-state index contributed by atoms with van der Waals surface area (Å²) in [5.41, 5.74) is 0.483. The molecule has 2 rings (SSSR count). The third-order valence-electron chi connectivity index (χ3n) is 2.87. The molecule has 1 saturated heterocycles. The van der Waals surface area contributed by atoms with Gasteiger partial charge in [0.1, 0.15) is 12.4 Å². The first-order valence-corrected chi connectivity index (χ1v) is 5.22. The van der Waals surface area contributed by atoms with Crippen molar-refractivity contribution < 1.29 is 14.6 Å². The second-order valence-electron chi connectivity index (χ2n) is 4.70. The van der Waals surface area contributed by atoms with E-state index in [4.69, 9.17) is 4.74 Å². The number of ether oxygens (including phenoxy) is 1. The number of amides is 1. The number of benzene rings is 1. The Morgan fingerprint density at radius 2 is 2.06 bits per heavy atom. The Hall–Kier alpha value is -1.42. The van der Waals surface area contributed by atoms with Crippen molar-refractivity contribution in [3.8, 4) is 5.75 Å². The fourth-order valence-electron chi connectivity index (χ4n) is 1.92. The molecule has 1 fully saturated rings. The minimum absolute atomic E-state index is 0. The number of aromatic hydroxyl groups is 1. The van der Waals surface area contributed by atoms with Gasteiger partial charge in [-0.25, -0.2) is 4.79 Å². The summed E-state index contributed by atoms with van der Waals surface area (Å²) >= 11 is 0. The number of halogens is 1. The van der Waals surface area contributed by atoms with Gasteiger partial charge >= 0.3 is 6.09 Å². The van der Waals surface area contributed by atoms with E-state index >= 15 is 0 Å². The van der Waals surface area contributed by atoms with Crippen LogP contribution in [0.25, 0.3) is 0 Å². The SMILES string of the molecule is CC1(C)COC(=O)N[C@H]1c1ccccc1O.Cl. The van der Waals surface area contributed by atoms with Gasteiger partial charge in [-0.15, -0.1) is 12.4 Å². The monoisotopic (exact) mass is 257 g/mol. The Morgan fingerprint density at radius 1 is 1.41 bits per heavy atom. The molecule has 17 heavy (non-hydrogen) atoms. The number of cyclic esters (lactones) is 1. The van der Waals surface area contributed by atoms with Crippen molar-refractivity contribution in [2.75, 3.05) is 6.61 Å². The van der Waals surface area contributed by atoms with Crippen LogP contribution in [0.15, 0.2) is 24.3 Å². The lowest BCUT2D eigenvalue weighted by molar-refractivity contribution is 0.0381. The number of para-hydroxylation sites is 1. The molecule has 1 aromatic rings. The predicted octanol–water partition coefficient (Wildman–Crippen LogP) is 2.62. The van der Waals surface area contributed by atoms with Crippen LogP contribution >= 0.6 is 12.4 Å². The third-order valence-corrected chi connectivity index (χ3v) is 2.87. The van der Waals surface area contributed by atoms with E-state index in [0.717, 1.165) is 5.56 Å². The highest BCUT2D eigenvalue weighted by atomic mass is 35.5. The number of hydrogen-bond donors (Lipinski definition) is 2. The summed E-state index contributed by atoms with van der Waals surface area (Å²) in [6, 6.07) is 6.80. The maximum atomic E-state index is 11.2. The first kappa shape index (κ1) is 13.6. The summed E-state index contributed by atoms with van der Waals surface area (Å²) in [5, 5.41) is 12.5. The largest absolute Gasteiger partial charge is 0.508 e. The highest BCUT2D eigenvalue weighted by molar-refractivity contribution is 5.85. The van der Waals surface area contributed by atoms with E-state index in [2.05, 4.69) is 5.32 Å². The van der Waals surface area contributed by atoms with E-state index < -0.39 is 6.09 Å². The van der Waals surface area contributed by atoms with Crippen molar-refractivity contribution in [2.24, 2.45) is 5.41 Å². The maximum absolute atomic E-state index is 11.2. The summed E-state index contributed by atoms with van der Waals surface area (Å²) in [5.74, 6) is 0.197. The Bertz CT molecular complexity index is 420. The third kappa shape index (κ3) is 2.64. The molecule has 2 N–H and O–H groups in total. The van der Waals surface area contributed by atoms with Crippen molar-refractivity contribution in [3.05, 3.63) is 29.8 Å². The highest BCUT2D eigenvalue weighted by Gasteiger charge is 2.38. The van der Waals surface area contributed by atoms with Gasteiger partial charge in [-0.05, 0) is 6.07 Å². The van der Waals surface area contributed by atoms with Gasteiger partial charge in [-0.1, -0.05) is 32.0 Å². The van der Waals surface area contributed by atoms with Gasteiger partial charge in [0.2, 0.25) is 0 Å². The normalized spacial score (nSPS) is 22.0. The van der Waals surface area contributed by atoms with Crippen molar-refractivity contribution in [3.63, 3.8) is 0 Å².